The number of Topliss-reactive ketones (excluding diaryl/α,β-unsaturated/α-hetero) is 1. The molecular weight excluding hydrogens is 172 g/mol. The molecule has 1 fully saturated rings. The van der Waals surface area contributed by atoms with Gasteiger partial charge in [-0.2, -0.15) is 0 Å². The summed E-state index contributed by atoms with van der Waals surface area (Å²) in [4.78, 5) is 21.3. The van der Waals surface area contributed by atoms with Gasteiger partial charge in [0.05, 0.1) is 19.8 Å². The van der Waals surface area contributed by atoms with E-state index in [9.17, 15) is 9.59 Å². The van der Waals surface area contributed by atoms with Crippen LogP contribution in [0.25, 0.3) is 0 Å². The fourth-order valence-corrected chi connectivity index (χ4v) is 1.19. The van der Waals surface area contributed by atoms with E-state index in [2.05, 4.69) is 0 Å². The van der Waals surface area contributed by atoms with Gasteiger partial charge >= 0.3 is 0 Å². The van der Waals surface area contributed by atoms with E-state index in [-0.39, 0.29) is 5.78 Å². The van der Waals surface area contributed by atoms with E-state index in [1.165, 1.54) is 0 Å². The zero-order valence-corrected chi connectivity index (χ0v) is 7.53. The SMILES string of the molecule is O=CCCCC(=O)C1COCCO1. The lowest BCUT2D eigenvalue weighted by Crippen LogP contribution is -2.35. The Hall–Kier alpha value is -0.740. The van der Waals surface area contributed by atoms with Crippen molar-refractivity contribution in [2.24, 2.45) is 0 Å². The minimum Gasteiger partial charge on any atom is -0.376 e. The molecule has 74 valence electrons. The van der Waals surface area contributed by atoms with Crippen molar-refractivity contribution in [2.75, 3.05) is 19.8 Å². The van der Waals surface area contributed by atoms with Gasteiger partial charge in [0, 0.05) is 12.8 Å². The van der Waals surface area contributed by atoms with Crippen molar-refractivity contribution >= 4 is 12.1 Å². The Morgan fingerprint density at radius 1 is 1.46 bits per heavy atom. The molecule has 0 spiro atoms. The maximum absolute atomic E-state index is 11.4. The molecule has 0 aliphatic carbocycles. The monoisotopic (exact) mass is 186 g/mol. The molecule has 0 saturated carbocycles. The molecule has 1 saturated heterocycles. The molecule has 1 rings (SSSR count). The van der Waals surface area contributed by atoms with Gasteiger partial charge in [-0.3, -0.25) is 4.79 Å². The van der Waals surface area contributed by atoms with Crippen LogP contribution in [0.2, 0.25) is 0 Å². The van der Waals surface area contributed by atoms with Gasteiger partial charge in [-0.25, -0.2) is 0 Å². The van der Waals surface area contributed by atoms with E-state index in [0.29, 0.717) is 39.1 Å². The Labute approximate surface area is 77.2 Å². The van der Waals surface area contributed by atoms with E-state index in [1.54, 1.807) is 0 Å². The van der Waals surface area contributed by atoms with E-state index in [0.717, 1.165) is 6.29 Å². The van der Waals surface area contributed by atoms with Crippen LogP contribution in [0.3, 0.4) is 0 Å². The maximum atomic E-state index is 11.4. The molecule has 0 N–H and O–H groups in total. The fraction of sp³-hybridized carbons (Fsp3) is 0.778. The van der Waals surface area contributed by atoms with Crippen LogP contribution in [-0.2, 0) is 19.1 Å². The molecule has 1 aliphatic rings. The predicted molar refractivity (Wildman–Crippen MR) is 45.5 cm³/mol. The number of carbonyl (C=O) groups excluding carboxylic acids is 2. The summed E-state index contributed by atoms with van der Waals surface area (Å²) in [6.07, 6.45) is 1.89. The van der Waals surface area contributed by atoms with Crippen LogP contribution < -0.4 is 0 Å². The molecule has 0 amide bonds. The van der Waals surface area contributed by atoms with Gasteiger partial charge in [-0.1, -0.05) is 0 Å². The van der Waals surface area contributed by atoms with Crippen LogP contribution in [0, 0.1) is 0 Å². The summed E-state index contributed by atoms with van der Waals surface area (Å²) in [6.45, 7) is 1.42. The van der Waals surface area contributed by atoms with Crippen LogP contribution in [0.1, 0.15) is 19.3 Å². The third-order valence-electron chi connectivity index (χ3n) is 1.92. The largest absolute Gasteiger partial charge is 0.376 e. The highest BCUT2D eigenvalue weighted by molar-refractivity contribution is 5.83. The van der Waals surface area contributed by atoms with E-state index < -0.39 is 6.10 Å². The Morgan fingerprint density at radius 2 is 2.31 bits per heavy atom. The Morgan fingerprint density at radius 3 is 2.92 bits per heavy atom. The number of ether oxygens (including phenoxy) is 2. The average Bonchev–Trinajstić information content (AvgIpc) is 2.19. The van der Waals surface area contributed by atoms with Crippen LogP contribution >= 0.6 is 0 Å². The van der Waals surface area contributed by atoms with Crippen LogP contribution in [0.5, 0.6) is 0 Å². The van der Waals surface area contributed by atoms with Gasteiger partial charge in [-0.05, 0) is 6.42 Å². The first-order valence-electron chi connectivity index (χ1n) is 4.50. The zero-order valence-electron chi connectivity index (χ0n) is 7.53. The average molecular weight is 186 g/mol. The summed E-state index contributed by atoms with van der Waals surface area (Å²) in [6, 6.07) is 0. The first-order chi connectivity index (χ1) is 6.34. The zero-order chi connectivity index (χ0) is 9.52. The topological polar surface area (TPSA) is 52.6 Å². The number of ketones is 1. The minimum absolute atomic E-state index is 0.0431. The fourth-order valence-electron chi connectivity index (χ4n) is 1.19. The minimum atomic E-state index is -0.402. The molecule has 4 heteroatoms. The van der Waals surface area contributed by atoms with Gasteiger partial charge in [0.25, 0.3) is 0 Å². The Kier molecular flexibility index (Phi) is 4.64. The summed E-state index contributed by atoms with van der Waals surface area (Å²) in [5.74, 6) is 0.0431. The predicted octanol–water partition coefficient (Wildman–Crippen LogP) is 0.340. The van der Waals surface area contributed by atoms with Crippen LogP contribution in [-0.4, -0.2) is 38.0 Å². The van der Waals surface area contributed by atoms with E-state index >= 15 is 0 Å². The molecular formula is C9H14O4. The quantitative estimate of drug-likeness (QED) is 0.459. The maximum Gasteiger partial charge on any atom is 0.163 e. The molecule has 0 aromatic carbocycles. The van der Waals surface area contributed by atoms with Crippen molar-refractivity contribution < 1.29 is 19.1 Å². The third-order valence-corrected chi connectivity index (χ3v) is 1.92. The number of rotatable bonds is 5. The van der Waals surface area contributed by atoms with Gasteiger partial charge in [0.2, 0.25) is 0 Å². The van der Waals surface area contributed by atoms with E-state index in [1.807, 2.05) is 0 Å². The molecule has 0 aromatic heterocycles. The van der Waals surface area contributed by atoms with Crippen LogP contribution in [0.4, 0.5) is 0 Å². The number of aldehydes is 1. The smallest absolute Gasteiger partial charge is 0.163 e. The van der Waals surface area contributed by atoms with Crippen molar-refractivity contribution in [2.45, 2.75) is 25.4 Å². The molecule has 0 aromatic rings. The number of carbonyl (C=O) groups is 2. The highest BCUT2D eigenvalue weighted by Gasteiger charge is 2.21. The summed E-state index contributed by atoms with van der Waals surface area (Å²) in [7, 11) is 0. The summed E-state index contributed by atoms with van der Waals surface area (Å²) < 4.78 is 10.3. The molecule has 1 aliphatic heterocycles. The highest BCUT2D eigenvalue weighted by Crippen LogP contribution is 2.06. The van der Waals surface area contributed by atoms with Gasteiger partial charge in [0.15, 0.2) is 5.78 Å². The molecule has 13 heavy (non-hydrogen) atoms. The van der Waals surface area contributed by atoms with E-state index in [4.69, 9.17) is 9.47 Å². The number of hydrogen-bond acceptors (Lipinski definition) is 4. The second kappa shape index (κ2) is 5.83. The lowest BCUT2D eigenvalue weighted by atomic mass is 10.1. The van der Waals surface area contributed by atoms with Crippen molar-refractivity contribution in [1.82, 2.24) is 0 Å². The summed E-state index contributed by atoms with van der Waals surface area (Å²) in [5.41, 5.74) is 0. The van der Waals surface area contributed by atoms with Crippen molar-refractivity contribution in [1.29, 1.82) is 0 Å². The van der Waals surface area contributed by atoms with Crippen molar-refractivity contribution in [3.8, 4) is 0 Å². The third kappa shape index (κ3) is 3.65. The molecule has 0 bridgehead atoms. The lowest BCUT2D eigenvalue weighted by molar-refractivity contribution is -0.145. The molecule has 1 atom stereocenters. The Bertz CT molecular complexity index is 172. The lowest BCUT2D eigenvalue weighted by Gasteiger charge is -2.21. The number of unbranched alkanes of at least 4 members (excludes halogenated alkanes) is 1. The second-order valence-electron chi connectivity index (χ2n) is 2.96. The molecule has 1 heterocycles. The van der Waals surface area contributed by atoms with Gasteiger partial charge < -0.3 is 14.3 Å². The van der Waals surface area contributed by atoms with Crippen molar-refractivity contribution in [3.05, 3.63) is 0 Å². The first kappa shape index (κ1) is 10.3. The molecule has 0 radical (unpaired) electrons. The second-order valence-corrected chi connectivity index (χ2v) is 2.96. The standard InChI is InChI=1S/C9H14O4/c10-4-2-1-3-8(11)9-7-12-5-6-13-9/h4,9H,1-3,5-7H2. The van der Waals surface area contributed by atoms with Gasteiger partial charge in [-0.15, -0.1) is 0 Å². The van der Waals surface area contributed by atoms with Crippen molar-refractivity contribution in [3.63, 3.8) is 0 Å². The normalized spacial score (nSPS) is 22.6. The highest BCUT2D eigenvalue weighted by atomic mass is 16.6. The summed E-state index contributed by atoms with van der Waals surface area (Å²) >= 11 is 0. The Balaban J connectivity index is 2.17. The molecule has 4 nitrogen and oxygen atoms in total. The number of hydrogen-bond donors (Lipinski definition) is 0. The first-order valence-corrected chi connectivity index (χ1v) is 4.50. The molecule has 1 unspecified atom stereocenters. The van der Waals surface area contributed by atoms with Gasteiger partial charge in [0.1, 0.15) is 12.4 Å². The van der Waals surface area contributed by atoms with Crippen LogP contribution in [0.15, 0.2) is 0 Å². The summed E-state index contributed by atoms with van der Waals surface area (Å²) in [5, 5.41) is 0.